The minimum atomic E-state index is -0.190. The van der Waals surface area contributed by atoms with Gasteiger partial charge in [-0.25, -0.2) is 0 Å². The molecule has 1 atom stereocenters. The van der Waals surface area contributed by atoms with Crippen molar-refractivity contribution in [2.75, 3.05) is 63.8 Å². The summed E-state index contributed by atoms with van der Waals surface area (Å²) in [5.41, 5.74) is 4.71. The first-order valence-electron chi connectivity index (χ1n) is 15.8. The first kappa shape index (κ1) is 29.8. The van der Waals surface area contributed by atoms with Crippen LogP contribution in [0.4, 0.5) is 11.5 Å². The van der Waals surface area contributed by atoms with Gasteiger partial charge in [-0.05, 0) is 78.0 Å². The fourth-order valence-corrected chi connectivity index (χ4v) is 6.07. The largest absolute Gasteiger partial charge is 0.497 e. The quantitative estimate of drug-likeness (QED) is 0.220. The Morgan fingerprint density at radius 3 is 2.37 bits per heavy atom. The summed E-state index contributed by atoms with van der Waals surface area (Å²) in [6.07, 6.45) is 1.02. The summed E-state index contributed by atoms with van der Waals surface area (Å²) in [4.78, 5) is 18.0. The predicted molar refractivity (Wildman–Crippen MR) is 181 cm³/mol. The van der Waals surface area contributed by atoms with Crippen LogP contribution < -0.4 is 19.7 Å². The minimum absolute atomic E-state index is 0.104. The third kappa shape index (κ3) is 6.71. The van der Waals surface area contributed by atoms with Gasteiger partial charge in [0.1, 0.15) is 17.6 Å². The lowest BCUT2D eigenvalue weighted by atomic mass is 10.0. The molecule has 46 heavy (non-hydrogen) atoms. The van der Waals surface area contributed by atoms with E-state index in [0.717, 1.165) is 84.0 Å². The Bertz CT molecular complexity index is 1800. The van der Waals surface area contributed by atoms with Crippen molar-refractivity contribution in [3.63, 3.8) is 0 Å². The number of likely N-dealkylation sites (N-methyl/N-ethyl adjacent to an activating group) is 1. The van der Waals surface area contributed by atoms with Crippen LogP contribution in [0.5, 0.6) is 11.5 Å². The average molecular weight is 618 g/mol. The van der Waals surface area contributed by atoms with Crippen molar-refractivity contribution in [1.29, 1.82) is 0 Å². The Kier molecular flexibility index (Phi) is 8.59. The summed E-state index contributed by atoms with van der Waals surface area (Å²) in [5.74, 6) is 1.96. The Balaban J connectivity index is 1.13. The second kappa shape index (κ2) is 13.2. The Morgan fingerprint density at radius 2 is 1.63 bits per heavy atom. The number of carbonyl (C=O) groups excluding carboxylic acids is 1. The molecule has 4 aromatic carbocycles. The molecule has 2 aliphatic heterocycles. The van der Waals surface area contributed by atoms with Gasteiger partial charge in [-0.1, -0.05) is 30.3 Å². The molecule has 1 N–H and O–H groups in total. The fraction of sp³-hybridized carbons (Fsp3) is 0.297. The van der Waals surface area contributed by atoms with Gasteiger partial charge in [0.2, 0.25) is 0 Å². The molecule has 0 radical (unpaired) electrons. The topological polar surface area (TPSA) is 81.1 Å². The van der Waals surface area contributed by atoms with Gasteiger partial charge in [-0.2, -0.15) is 5.10 Å². The molecule has 236 valence electrons. The van der Waals surface area contributed by atoms with Gasteiger partial charge in [0, 0.05) is 55.5 Å². The molecule has 2 fully saturated rings. The fourth-order valence-electron chi connectivity index (χ4n) is 6.07. The standard InChI is InChI=1S/C37H39N5O4/c1-40-16-18-41(19-17-40)31-10-7-27(8-11-31)37(43)38-36-23-35(42(39-36)24-26-3-12-32(44-2)13-4-26)30-6-5-29-22-33(14-9-28(29)21-30)46-34-15-20-45-25-34/h3-14,21-23,34H,15-20,24-25H2,1-2H3,(H,38,39,43). The van der Waals surface area contributed by atoms with Crippen LogP contribution in [0.1, 0.15) is 22.3 Å². The number of hydrogen-bond acceptors (Lipinski definition) is 7. The number of amides is 1. The van der Waals surface area contributed by atoms with E-state index < -0.39 is 0 Å². The van der Waals surface area contributed by atoms with E-state index in [-0.39, 0.29) is 12.0 Å². The number of aromatic nitrogens is 2. The van der Waals surface area contributed by atoms with Crippen molar-refractivity contribution in [3.05, 3.63) is 102 Å². The van der Waals surface area contributed by atoms with Gasteiger partial charge in [0.25, 0.3) is 5.91 Å². The lowest BCUT2D eigenvalue weighted by molar-refractivity contribution is 0.102. The highest BCUT2D eigenvalue weighted by Gasteiger charge is 2.19. The molecular weight excluding hydrogens is 578 g/mol. The van der Waals surface area contributed by atoms with E-state index in [0.29, 0.717) is 24.5 Å². The molecule has 0 aliphatic carbocycles. The van der Waals surface area contributed by atoms with Crippen molar-refractivity contribution in [3.8, 4) is 22.8 Å². The maximum Gasteiger partial charge on any atom is 0.256 e. The zero-order valence-corrected chi connectivity index (χ0v) is 26.3. The van der Waals surface area contributed by atoms with Gasteiger partial charge in [-0.15, -0.1) is 0 Å². The van der Waals surface area contributed by atoms with Crippen molar-refractivity contribution in [2.24, 2.45) is 0 Å². The Morgan fingerprint density at radius 1 is 0.891 bits per heavy atom. The third-order valence-electron chi connectivity index (χ3n) is 8.81. The van der Waals surface area contributed by atoms with E-state index >= 15 is 0 Å². The first-order chi connectivity index (χ1) is 22.5. The molecule has 7 rings (SSSR count). The molecule has 9 nitrogen and oxygen atoms in total. The summed E-state index contributed by atoms with van der Waals surface area (Å²) in [5, 5.41) is 10.1. The highest BCUT2D eigenvalue weighted by atomic mass is 16.5. The molecule has 1 unspecified atom stereocenters. The summed E-state index contributed by atoms with van der Waals surface area (Å²) >= 11 is 0. The van der Waals surface area contributed by atoms with Crippen LogP contribution >= 0.6 is 0 Å². The van der Waals surface area contributed by atoms with Crippen LogP contribution in [0.25, 0.3) is 22.0 Å². The number of carbonyl (C=O) groups is 1. The molecule has 2 aliphatic rings. The molecule has 5 aromatic rings. The molecule has 0 bridgehead atoms. The maximum atomic E-state index is 13.3. The van der Waals surface area contributed by atoms with Gasteiger partial charge < -0.3 is 29.3 Å². The molecule has 2 saturated heterocycles. The first-order valence-corrected chi connectivity index (χ1v) is 15.8. The van der Waals surface area contributed by atoms with E-state index in [2.05, 4.69) is 52.5 Å². The van der Waals surface area contributed by atoms with Crippen LogP contribution in [-0.2, 0) is 11.3 Å². The second-order valence-corrected chi connectivity index (χ2v) is 12.0. The van der Waals surface area contributed by atoms with E-state index in [1.807, 2.05) is 65.3 Å². The zero-order chi connectivity index (χ0) is 31.5. The van der Waals surface area contributed by atoms with Crippen molar-refractivity contribution >= 4 is 28.2 Å². The SMILES string of the molecule is COc1ccc(Cn2nc(NC(=O)c3ccc(N4CCN(C)CC4)cc3)cc2-c2ccc3cc(OC4CCOC4)ccc3c2)cc1. The number of hydrogen-bond donors (Lipinski definition) is 1. The lowest BCUT2D eigenvalue weighted by Crippen LogP contribution is -2.44. The van der Waals surface area contributed by atoms with Crippen LogP contribution in [0.3, 0.4) is 0 Å². The number of rotatable bonds is 9. The lowest BCUT2D eigenvalue weighted by Gasteiger charge is -2.34. The molecule has 9 heteroatoms. The highest BCUT2D eigenvalue weighted by Crippen LogP contribution is 2.30. The number of nitrogens with zero attached hydrogens (tertiary/aromatic N) is 4. The Hall–Kier alpha value is -4.86. The number of ether oxygens (including phenoxy) is 3. The Labute approximate surface area is 269 Å². The van der Waals surface area contributed by atoms with E-state index in [1.165, 1.54) is 0 Å². The zero-order valence-electron chi connectivity index (χ0n) is 26.3. The average Bonchev–Trinajstić information content (AvgIpc) is 3.75. The van der Waals surface area contributed by atoms with Gasteiger partial charge in [-0.3, -0.25) is 9.48 Å². The van der Waals surface area contributed by atoms with E-state index in [1.54, 1.807) is 7.11 Å². The molecule has 3 heterocycles. The molecule has 1 aromatic heterocycles. The number of anilines is 2. The second-order valence-electron chi connectivity index (χ2n) is 12.0. The third-order valence-corrected chi connectivity index (χ3v) is 8.81. The molecule has 0 spiro atoms. The summed E-state index contributed by atoms with van der Waals surface area (Å²) in [7, 11) is 3.81. The molecular formula is C37H39N5O4. The van der Waals surface area contributed by atoms with Crippen LogP contribution in [-0.4, -0.2) is 80.2 Å². The monoisotopic (exact) mass is 617 g/mol. The van der Waals surface area contributed by atoms with Crippen molar-refractivity contribution in [1.82, 2.24) is 14.7 Å². The van der Waals surface area contributed by atoms with Crippen LogP contribution in [0, 0.1) is 0 Å². The van der Waals surface area contributed by atoms with Crippen LogP contribution in [0.2, 0.25) is 0 Å². The normalized spacial score (nSPS) is 16.9. The summed E-state index contributed by atoms with van der Waals surface area (Å²) in [6.45, 7) is 5.95. The minimum Gasteiger partial charge on any atom is -0.497 e. The predicted octanol–water partition coefficient (Wildman–Crippen LogP) is 5.93. The van der Waals surface area contributed by atoms with E-state index in [9.17, 15) is 4.79 Å². The van der Waals surface area contributed by atoms with Gasteiger partial charge in [0.15, 0.2) is 5.82 Å². The smallest absolute Gasteiger partial charge is 0.256 e. The van der Waals surface area contributed by atoms with Crippen molar-refractivity contribution in [2.45, 2.75) is 19.1 Å². The van der Waals surface area contributed by atoms with Gasteiger partial charge in [0.05, 0.1) is 32.6 Å². The number of benzene rings is 4. The number of methoxy groups -OCH3 is 1. The molecule has 1 amide bonds. The number of piperazine rings is 1. The maximum absolute atomic E-state index is 13.3. The van der Waals surface area contributed by atoms with Gasteiger partial charge >= 0.3 is 0 Å². The summed E-state index contributed by atoms with van der Waals surface area (Å²) < 4.78 is 18.9. The summed E-state index contributed by atoms with van der Waals surface area (Å²) in [6, 6.07) is 30.3. The molecule has 0 saturated carbocycles. The number of nitrogens with one attached hydrogen (secondary N) is 1. The highest BCUT2D eigenvalue weighted by molar-refractivity contribution is 6.04. The van der Waals surface area contributed by atoms with E-state index in [4.69, 9.17) is 19.3 Å². The number of fused-ring (bicyclic) bond motifs is 1. The van der Waals surface area contributed by atoms with Crippen LogP contribution in [0.15, 0.2) is 91.0 Å². The van der Waals surface area contributed by atoms with Crippen molar-refractivity contribution < 1.29 is 19.0 Å².